The Morgan fingerprint density at radius 2 is 1.36 bits per heavy atom. The van der Waals surface area contributed by atoms with Crippen LogP contribution in [0.25, 0.3) is 0 Å². The fraction of sp³-hybridized carbons (Fsp3) is 0.286. The molecule has 1 aromatic rings. The van der Waals surface area contributed by atoms with Crippen LogP contribution in [0, 0.1) is 22.7 Å². The number of rotatable bonds is 4. The highest BCUT2D eigenvalue weighted by Gasteiger charge is 2.35. The molecule has 1 aliphatic heterocycles. The monoisotopic (exact) mass is 334 g/mol. The maximum atomic E-state index is 12.1. The molecule has 0 bridgehead atoms. The van der Waals surface area contributed by atoms with Gasteiger partial charge < -0.3 is 9.47 Å². The highest BCUT2D eigenvalue weighted by atomic mass is 32.1. The van der Waals surface area contributed by atoms with Gasteiger partial charge in [-0.2, -0.15) is 10.5 Å². The van der Waals surface area contributed by atoms with Crippen molar-refractivity contribution >= 4 is 43.9 Å². The summed E-state index contributed by atoms with van der Waals surface area (Å²) >= 11 is 0.948. The molecule has 0 N–H and O–H groups in total. The summed E-state index contributed by atoms with van der Waals surface area (Å²) in [4.78, 5) is 24.8. The Balaban J connectivity index is 2.69. The molecule has 0 unspecified atom stereocenters. The summed E-state index contributed by atoms with van der Waals surface area (Å²) in [6.45, 7) is 3.66. The standard InChI is InChI=1S/C14H10N2O4S2/c1-3-19-13(17)11-9-7(5-15)21-8(6-16)10(9)12(22-11)14(18)20-4-2/h3-4H2,1-2H3. The number of thiophene rings is 1. The highest BCUT2D eigenvalue weighted by molar-refractivity contribution is 8.02. The Morgan fingerprint density at radius 3 is 1.68 bits per heavy atom. The zero-order valence-corrected chi connectivity index (χ0v) is 13.4. The van der Waals surface area contributed by atoms with E-state index in [0.29, 0.717) is 11.1 Å². The molecule has 0 aromatic carbocycles. The lowest BCUT2D eigenvalue weighted by Gasteiger charge is -2.03. The quantitative estimate of drug-likeness (QED) is 0.609. The fourth-order valence-corrected chi connectivity index (χ4v) is 4.04. The minimum absolute atomic E-state index is 0.147. The van der Waals surface area contributed by atoms with Gasteiger partial charge in [0, 0.05) is 11.1 Å². The maximum absolute atomic E-state index is 12.1. The summed E-state index contributed by atoms with van der Waals surface area (Å²) in [6, 6.07) is 3.92. The fourth-order valence-electron chi connectivity index (χ4n) is 1.91. The van der Waals surface area contributed by atoms with Crippen molar-refractivity contribution in [1.29, 1.82) is 10.5 Å². The van der Waals surface area contributed by atoms with Gasteiger partial charge in [-0.3, -0.25) is 0 Å². The van der Waals surface area contributed by atoms with Crippen molar-refractivity contribution in [2.24, 2.45) is 0 Å². The van der Waals surface area contributed by atoms with Gasteiger partial charge in [-0.05, 0) is 13.8 Å². The van der Waals surface area contributed by atoms with Gasteiger partial charge in [0.05, 0.1) is 13.2 Å². The normalized spacial score (nSPS) is 12.0. The largest absolute Gasteiger partial charge is 0.462 e. The van der Waals surface area contributed by atoms with Gasteiger partial charge in [-0.25, -0.2) is 9.59 Å². The van der Waals surface area contributed by atoms with E-state index in [9.17, 15) is 20.1 Å². The van der Waals surface area contributed by atoms with Crippen molar-refractivity contribution in [2.75, 3.05) is 13.2 Å². The first-order valence-electron chi connectivity index (χ1n) is 6.32. The zero-order chi connectivity index (χ0) is 16.3. The first kappa shape index (κ1) is 16.0. The van der Waals surface area contributed by atoms with Gasteiger partial charge in [0.25, 0.3) is 0 Å². The van der Waals surface area contributed by atoms with E-state index in [2.05, 4.69) is 0 Å². The Morgan fingerprint density at radius 1 is 0.955 bits per heavy atom. The van der Waals surface area contributed by atoms with E-state index in [1.165, 1.54) is 0 Å². The van der Waals surface area contributed by atoms with Crippen molar-refractivity contribution in [3.8, 4) is 12.1 Å². The van der Waals surface area contributed by atoms with Crippen LogP contribution < -0.4 is 0 Å². The van der Waals surface area contributed by atoms with E-state index in [0.717, 1.165) is 22.3 Å². The van der Waals surface area contributed by atoms with Crippen LogP contribution >= 0.6 is 22.3 Å². The first-order valence-corrected chi connectivity index (χ1v) is 7.95. The number of nitriles is 2. The van der Waals surface area contributed by atoms with Crippen LogP contribution in [-0.2, 0) is 19.1 Å². The molecule has 0 atom stereocenters. The summed E-state index contributed by atoms with van der Waals surface area (Å²) in [5.41, 5.74) is 0.603. The molecule has 1 aromatic heterocycles. The van der Waals surface area contributed by atoms with Gasteiger partial charge in [0.1, 0.15) is 31.6 Å². The zero-order valence-electron chi connectivity index (χ0n) is 11.8. The van der Waals surface area contributed by atoms with Crippen LogP contribution in [0.15, 0.2) is 0 Å². The Kier molecular flexibility index (Phi) is 4.76. The molecule has 2 rings (SSSR count). The topological polar surface area (TPSA) is 100 Å². The molecule has 22 heavy (non-hydrogen) atoms. The summed E-state index contributed by atoms with van der Waals surface area (Å²) in [6.07, 6.45) is 0. The second-order valence-electron chi connectivity index (χ2n) is 3.94. The van der Waals surface area contributed by atoms with E-state index in [4.69, 9.17) is 9.47 Å². The number of esters is 2. The number of carbonyl (C=O) groups is 2. The molecule has 1 aliphatic rings. The molecule has 0 spiro atoms. The smallest absolute Gasteiger partial charge is 0.349 e. The Hall–Kier alpha value is -2.42. The minimum atomic E-state index is -0.619. The van der Waals surface area contributed by atoms with Crippen molar-refractivity contribution < 1.29 is 19.1 Å². The molecule has 0 saturated carbocycles. The van der Waals surface area contributed by atoms with Crippen molar-refractivity contribution in [3.05, 3.63) is 20.9 Å². The van der Waals surface area contributed by atoms with Crippen molar-refractivity contribution in [1.82, 2.24) is 0 Å². The second kappa shape index (κ2) is 6.56. The molecule has 0 radical (unpaired) electrons. The van der Waals surface area contributed by atoms with Crippen LogP contribution in [-0.4, -0.2) is 34.9 Å². The summed E-state index contributed by atoms with van der Waals surface area (Å²) in [7, 11) is 0.890. The van der Waals surface area contributed by atoms with Crippen LogP contribution in [0.3, 0.4) is 0 Å². The Bertz CT molecular complexity index is 755. The van der Waals surface area contributed by atoms with Gasteiger partial charge in [0.15, 0.2) is 0 Å². The SMILES string of the molecule is CCOC(=O)C1=S=C(C(=O)OCC)c2c(C#N)sc(C#N)c21. The van der Waals surface area contributed by atoms with Gasteiger partial charge in [-0.15, -0.1) is 22.3 Å². The van der Waals surface area contributed by atoms with Crippen LogP contribution in [0.5, 0.6) is 0 Å². The molecular formula is C14H10N2O4S2. The van der Waals surface area contributed by atoms with Gasteiger partial charge in [-0.1, -0.05) is 0 Å². The van der Waals surface area contributed by atoms with E-state index >= 15 is 0 Å². The minimum Gasteiger partial charge on any atom is -0.462 e. The van der Waals surface area contributed by atoms with Crippen LogP contribution in [0.1, 0.15) is 34.7 Å². The van der Waals surface area contributed by atoms with E-state index in [1.54, 1.807) is 13.8 Å². The lowest BCUT2D eigenvalue weighted by atomic mass is 10.0. The average Bonchev–Trinajstić information content (AvgIpc) is 3.05. The molecular weight excluding hydrogens is 324 g/mol. The van der Waals surface area contributed by atoms with E-state index in [-0.39, 0.29) is 32.7 Å². The highest BCUT2D eigenvalue weighted by Crippen LogP contribution is 2.34. The van der Waals surface area contributed by atoms with Gasteiger partial charge >= 0.3 is 11.9 Å². The van der Waals surface area contributed by atoms with Gasteiger partial charge in [0.2, 0.25) is 0 Å². The molecule has 6 nitrogen and oxygen atoms in total. The molecule has 0 saturated heterocycles. The second-order valence-corrected chi connectivity index (χ2v) is 5.98. The Labute approximate surface area is 134 Å². The third-order valence-corrected chi connectivity index (χ3v) is 4.84. The first-order chi connectivity index (χ1) is 10.6. The number of carbonyl (C=O) groups excluding carboxylic acids is 2. The van der Waals surface area contributed by atoms with Crippen molar-refractivity contribution in [3.63, 3.8) is 0 Å². The van der Waals surface area contributed by atoms with Crippen molar-refractivity contribution in [2.45, 2.75) is 13.8 Å². The average molecular weight is 334 g/mol. The third kappa shape index (κ3) is 2.54. The third-order valence-electron chi connectivity index (χ3n) is 2.69. The van der Waals surface area contributed by atoms with Crippen LogP contribution in [0.4, 0.5) is 0 Å². The predicted molar refractivity (Wildman–Crippen MR) is 82.8 cm³/mol. The number of fused-ring (bicyclic) bond motifs is 1. The summed E-state index contributed by atoms with van der Waals surface area (Å²) in [5, 5.41) is 18.4. The molecule has 0 amide bonds. The molecule has 112 valence electrons. The molecule has 8 heteroatoms. The lowest BCUT2D eigenvalue weighted by Crippen LogP contribution is -2.18. The summed E-state index contributed by atoms with van der Waals surface area (Å²) < 4.78 is 9.93. The van der Waals surface area contributed by atoms with E-state index in [1.807, 2.05) is 12.1 Å². The van der Waals surface area contributed by atoms with Crippen LogP contribution in [0.2, 0.25) is 0 Å². The maximum Gasteiger partial charge on any atom is 0.349 e. The number of hydrogen-bond acceptors (Lipinski definition) is 7. The number of ether oxygens (including phenoxy) is 2. The van der Waals surface area contributed by atoms with E-state index < -0.39 is 11.9 Å². The summed E-state index contributed by atoms with van der Waals surface area (Å²) in [5.74, 6) is -1.24. The molecule has 0 aliphatic carbocycles. The molecule has 2 heterocycles. The number of nitrogens with zero attached hydrogens (tertiary/aromatic N) is 2. The lowest BCUT2D eigenvalue weighted by molar-refractivity contribution is -0.135. The number of hydrogen-bond donors (Lipinski definition) is 0. The molecule has 0 fully saturated rings. The predicted octanol–water partition coefficient (Wildman–Crippen LogP) is 1.41.